The van der Waals surface area contributed by atoms with Crippen LogP contribution in [0.15, 0.2) is 24.5 Å². The van der Waals surface area contributed by atoms with E-state index in [2.05, 4.69) is 4.98 Å². The Labute approximate surface area is 93.3 Å². The zero-order valence-corrected chi connectivity index (χ0v) is 8.67. The van der Waals surface area contributed by atoms with Gasteiger partial charge in [-0.15, -0.1) is 0 Å². The minimum atomic E-state index is -0.519. The number of pyridine rings is 1. The van der Waals surface area contributed by atoms with E-state index in [-0.39, 0.29) is 5.91 Å². The van der Waals surface area contributed by atoms with E-state index in [1.54, 1.807) is 23.2 Å². The molecule has 0 N–H and O–H groups in total. The summed E-state index contributed by atoms with van der Waals surface area (Å²) in [5.74, 6) is -0.100. The molecule has 2 rings (SSSR count). The van der Waals surface area contributed by atoms with Crippen molar-refractivity contribution in [3.8, 4) is 6.07 Å². The number of carbonyl (C=O) groups excluding carboxylic acids is 1. The van der Waals surface area contributed by atoms with Gasteiger partial charge in [-0.3, -0.25) is 9.78 Å². The van der Waals surface area contributed by atoms with Gasteiger partial charge in [-0.05, 0) is 12.1 Å². The molecule has 1 aromatic rings. The normalized spacial score (nSPS) is 20.2. The van der Waals surface area contributed by atoms with E-state index >= 15 is 0 Å². The second-order valence-corrected chi connectivity index (χ2v) is 3.48. The molecule has 1 unspecified atom stereocenters. The van der Waals surface area contributed by atoms with Crippen LogP contribution in [-0.2, 0) is 4.74 Å². The largest absolute Gasteiger partial charge is 0.360 e. The van der Waals surface area contributed by atoms with Crippen molar-refractivity contribution in [1.82, 2.24) is 9.88 Å². The quantitative estimate of drug-likeness (QED) is 0.684. The Bertz CT molecular complexity index is 413. The first-order valence-electron chi connectivity index (χ1n) is 5.02. The van der Waals surface area contributed by atoms with E-state index in [1.807, 2.05) is 6.07 Å². The summed E-state index contributed by atoms with van der Waals surface area (Å²) in [6.45, 7) is 1.25. The van der Waals surface area contributed by atoms with Gasteiger partial charge in [0.15, 0.2) is 6.10 Å². The highest BCUT2D eigenvalue weighted by Crippen LogP contribution is 2.09. The first-order valence-corrected chi connectivity index (χ1v) is 5.02. The lowest BCUT2D eigenvalue weighted by atomic mass is 10.2. The Morgan fingerprint density at radius 1 is 1.69 bits per heavy atom. The number of aromatic nitrogens is 1. The first kappa shape index (κ1) is 10.6. The van der Waals surface area contributed by atoms with E-state index in [4.69, 9.17) is 10.00 Å². The summed E-state index contributed by atoms with van der Waals surface area (Å²) in [5, 5.41) is 8.74. The fraction of sp³-hybridized carbons (Fsp3) is 0.364. The first-order chi connectivity index (χ1) is 7.81. The number of amides is 1. The van der Waals surface area contributed by atoms with Gasteiger partial charge >= 0.3 is 0 Å². The third-order valence-corrected chi connectivity index (χ3v) is 2.41. The molecular formula is C11H11N3O2. The maximum absolute atomic E-state index is 12.0. The summed E-state index contributed by atoms with van der Waals surface area (Å²) in [4.78, 5) is 17.5. The van der Waals surface area contributed by atoms with Gasteiger partial charge in [0.05, 0.1) is 24.8 Å². The van der Waals surface area contributed by atoms with Crippen LogP contribution in [0.2, 0.25) is 0 Å². The van der Waals surface area contributed by atoms with Crippen LogP contribution in [0.1, 0.15) is 10.4 Å². The lowest BCUT2D eigenvalue weighted by Crippen LogP contribution is -2.45. The predicted octanol–water partition coefficient (Wildman–Crippen LogP) is 0.446. The molecule has 0 bridgehead atoms. The van der Waals surface area contributed by atoms with Crippen LogP contribution >= 0.6 is 0 Å². The number of rotatable bonds is 1. The molecule has 1 amide bonds. The Hall–Kier alpha value is -1.93. The fourth-order valence-electron chi connectivity index (χ4n) is 1.58. The Kier molecular flexibility index (Phi) is 3.13. The van der Waals surface area contributed by atoms with Crippen molar-refractivity contribution in [3.63, 3.8) is 0 Å². The molecule has 1 atom stereocenters. The van der Waals surface area contributed by atoms with Crippen LogP contribution in [0, 0.1) is 11.3 Å². The summed E-state index contributed by atoms with van der Waals surface area (Å²) in [5.41, 5.74) is 0.543. The molecule has 0 spiro atoms. The highest BCUT2D eigenvalue weighted by molar-refractivity contribution is 5.93. The van der Waals surface area contributed by atoms with Crippen molar-refractivity contribution in [1.29, 1.82) is 5.26 Å². The number of hydrogen-bond acceptors (Lipinski definition) is 4. The summed E-state index contributed by atoms with van der Waals surface area (Å²) in [6, 6.07) is 5.44. The number of nitrogens with zero attached hydrogens (tertiary/aromatic N) is 3. The lowest BCUT2D eigenvalue weighted by Gasteiger charge is -2.29. The molecular weight excluding hydrogens is 206 g/mol. The highest BCUT2D eigenvalue weighted by Gasteiger charge is 2.24. The van der Waals surface area contributed by atoms with E-state index in [0.717, 1.165) is 0 Å². The van der Waals surface area contributed by atoms with Gasteiger partial charge in [0.1, 0.15) is 0 Å². The zero-order chi connectivity index (χ0) is 11.4. The molecule has 1 aliphatic rings. The lowest BCUT2D eigenvalue weighted by molar-refractivity contribution is 0.00345. The van der Waals surface area contributed by atoms with Crippen molar-refractivity contribution in [2.24, 2.45) is 0 Å². The second kappa shape index (κ2) is 4.73. The molecule has 1 fully saturated rings. The van der Waals surface area contributed by atoms with Crippen molar-refractivity contribution in [3.05, 3.63) is 30.1 Å². The molecule has 5 heteroatoms. The third-order valence-electron chi connectivity index (χ3n) is 2.41. The molecule has 5 nitrogen and oxygen atoms in total. The topological polar surface area (TPSA) is 66.2 Å². The third kappa shape index (κ3) is 2.18. The smallest absolute Gasteiger partial charge is 0.255 e. The average Bonchev–Trinajstić information content (AvgIpc) is 2.39. The number of hydrogen-bond donors (Lipinski definition) is 0. The van der Waals surface area contributed by atoms with Gasteiger partial charge in [0.2, 0.25) is 0 Å². The molecule has 2 heterocycles. The van der Waals surface area contributed by atoms with Crippen LogP contribution in [0.25, 0.3) is 0 Å². The van der Waals surface area contributed by atoms with E-state index in [9.17, 15) is 4.79 Å². The van der Waals surface area contributed by atoms with Gasteiger partial charge in [0.25, 0.3) is 5.91 Å². The van der Waals surface area contributed by atoms with Gasteiger partial charge in [-0.1, -0.05) is 0 Å². The van der Waals surface area contributed by atoms with Gasteiger partial charge in [-0.2, -0.15) is 5.26 Å². The molecule has 1 saturated heterocycles. The Morgan fingerprint density at radius 2 is 2.56 bits per heavy atom. The molecule has 1 aromatic heterocycles. The number of ether oxygens (including phenoxy) is 1. The van der Waals surface area contributed by atoms with E-state index < -0.39 is 6.10 Å². The number of nitriles is 1. The standard InChI is InChI=1S/C11H11N3O2/c12-6-10-8-14(4-5-16-10)11(15)9-2-1-3-13-7-9/h1-3,7,10H,4-5,8H2. The number of morpholine rings is 1. The van der Waals surface area contributed by atoms with Gasteiger partial charge < -0.3 is 9.64 Å². The molecule has 16 heavy (non-hydrogen) atoms. The van der Waals surface area contributed by atoms with Crippen LogP contribution in [0.4, 0.5) is 0 Å². The van der Waals surface area contributed by atoms with E-state index in [0.29, 0.717) is 25.3 Å². The van der Waals surface area contributed by atoms with Crippen molar-refractivity contribution >= 4 is 5.91 Å². The molecule has 0 aromatic carbocycles. The minimum Gasteiger partial charge on any atom is -0.360 e. The van der Waals surface area contributed by atoms with Crippen molar-refractivity contribution < 1.29 is 9.53 Å². The molecule has 0 aliphatic carbocycles. The number of carbonyl (C=O) groups is 1. The highest BCUT2D eigenvalue weighted by atomic mass is 16.5. The minimum absolute atomic E-state index is 0.100. The van der Waals surface area contributed by atoms with Crippen LogP contribution in [0.5, 0.6) is 0 Å². The SMILES string of the molecule is N#CC1CN(C(=O)c2cccnc2)CCO1. The summed E-state index contributed by atoms with van der Waals surface area (Å²) in [6.07, 6.45) is 2.63. The van der Waals surface area contributed by atoms with Crippen molar-refractivity contribution in [2.75, 3.05) is 19.7 Å². The van der Waals surface area contributed by atoms with E-state index in [1.165, 1.54) is 6.20 Å². The summed E-state index contributed by atoms with van der Waals surface area (Å²) < 4.78 is 5.17. The van der Waals surface area contributed by atoms with Crippen LogP contribution < -0.4 is 0 Å². The second-order valence-electron chi connectivity index (χ2n) is 3.48. The Balaban J connectivity index is 2.08. The maximum Gasteiger partial charge on any atom is 0.255 e. The zero-order valence-electron chi connectivity index (χ0n) is 8.67. The van der Waals surface area contributed by atoms with Crippen LogP contribution in [0.3, 0.4) is 0 Å². The monoisotopic (exact) mass is 217 g/mol. The summed E-state index contributed by atoms with van der Waals surface area (Å²) in [7, 11) is 0. The maximum atomic E-state index is 12.0. The van der Waals surface area contributed by atoms with Crippen LogP contribution in [-0.4, -0.2) is 41.6 Å². The van der Waals surface area contributed by atoms with Gasteiger partial charge in [0, 0.05) is 18.9 Å². The molecule has 82 valence electrons. The molecule has 1 aliphatic heterocycles. The average molecular weight is 217 g/mol. The molecule has 0 saturated carbocycles. The van der Waals surface area contributed by atoms with Crippen molar-refractivity contribution in [2.45, 2.75) is 6.10 Å². The Morgan fingerprint density at radius 3 is 3.25 bits per heavy atom. The molecule has 0 radical (unpaired) electrons. The summed E-state index contributed by atoms with van der Waals surface area (Å²) >= 11 is 0. The fourth-order valence-corrected chi connectivity index (χ4v) is 1.58. The van der Waals surface area contributed by atoms with Gasteiger partial charge in [-0.25, -0.2) is 0 Å². The predicted molar refractivity (Wildman–Crippen MR) is 55.5 cm³/mol.